The molecule has 7 heavy (non-hydrogen) atoms. The van der Waals surface area contributed by atoms with E-state index in [1.54, 1.807) is 12.3 Å². The van der Waals surface area contributed by atoms with E-state index < -0.39 is 0 Å². The van der Waals surface area contributed by atoms with Crippen LogP contribution in [0.4, 0.5) is 5.00 Å². The van der Waals surface area contributed by atoms with Gasteiger partial charge in [0.2, 0.25) is 0 Å². The lowest BCUT2D eigenvalue weighted by Crippen LogP contribution is -1.81. The van der Waals surface area contributed by atoms with E-state index in [1.807, 2.05) is 5.48 Å². The number of anilines is 1. The highest BCUT2D eigenvalue weighted by molar-refractivity contribution is 7.10. The number of aromatic nitrogens is 1. The van der Waals surface area contributed by atoms with Crippen LogP contribution in [0.3, 0.4) is 0 Å². The zero-order valence-electron chi connectivity index (χ0n) is 3.46. The number of rotatable bonds is 1. The summed E-state index contributed by atoms with van der Waals surface area (Å²) >= 11 is 1.21. The molecule has 0 aromatic carbocycles. The third-order valence-electron chi connectivity index (χ3n) is 0.548. The van der Waals surface area contributed by atoms with E-state index in [0.29, 0.717) is 5.00 Å². The molecule has 1 aromatic heterocycles. The lowest BCUT2D eigenvalue weighted by atomic mass is 10.7. The van der Waals surface area contributed by atoms with E-state index in [-0.39, 0.29) is 0 Å². The smallest absolute Gasteiger partial charge is 0.133 e. The Morgan fingerprint density at radius 2 is 2.71 bits per heavy atom. The predicted octanol–water partition coefficient (Wildman–Crippen LogP) is 0.944. The Morgan fingerprint density at radius 1 is 1.86 bits per heavy atom. The molecule has 0 spiro atoms. The minimum absolute atomic E-state index is 0.667. The fourth-order valence-corrected chi connectivity index (χ4v) is 0.671. The van der Waals surface area contributed by atoms with E-state index >= 15 is 0 Å². The van der Waals surface area contributed by atoms with E-state index in [2.05, 4.69) is 4.37 Å². The second-order valence-electron chi connectivity index (χ2n) is 0.988. The van der Waals surface area contributed by atoms with Gasteiger partial charge in [-0.2, -0.15) is 4.37 Å². The van der Waals surface area contributed by atoms with Crippen molar-refractivity contribution in [2.24, 2.45) is 0 Å². The molecule has 38 valence electrons. The second kappa shape index (κ2) is 1.90. The molecule has 0 bridgehead atoms. The molecule has 0 radical (unpaired) electrons. The van der Waals surface area contributed by atoms with Crippen LogP contribution in [0.15, 0.2) is 12.3 Å². The summed E-state index contributed by atoms with van der Waals surface area (Å²) in [6, 6.07) is 1.69. The van der Waals surface area contributed by atoms with E-state index in [4.69, 9.17) is 5.21 Å². The van der Waals surface area contributed by atoms with Crippen molar-refractivity contribution in [3.63, 3.8) is 0 Å². The van der Waals surface area contributed by atoms with Gasteiger partial charge in [-0.3, -0.25) is 10.7 Å². The van der Waals surface area contributed by atoms with Crippen molar-refractivity contribution in [2.45, 2.75) is 0 Å². The van der Waals surface area contributed by atoms with Gasteiger partial charge in [-0.25, -0.2) is 0 Å². The van der Waals surface area contributed by atoms with Gasteiger partial charge in [0.15, 0.2) is 0 Å². The first-order valence-electron chi connectivity index (χ1n) is 1.74. The Morgan fingerprint density at radius 3 is 3.00 bits per heavy atom. The Labute approximate surface area is 44.7 Å². The maximum atomic E-state index is 8.15. The minimum Gasteiger partial charge on any atom is -0.290 e. The van der Waals surface area contributed by atoms with Crippen LogP contribution in [0.25, 0.3) is 0 Å². The summed E-state index contributed by atoms with van der Waals surface area (Å²) in [4.78, 5) is 0. The van der Waals surface area contributed by atoms with Crippen molar-refractivity contribution in [1.29, 1.82) is 0 Å². The van der Waals surface area contributed by atoms with Gasteiger partial charge < -0.3 is 0 Å². The molecule has 3 nitrogen and oxygen atoms in total. The summed E-state index contributed by atoms with van der Waals surface area (Å²) < 4.78 is 3.71. The van der Waals surface area contributed by atoms with Gasteiger partial charge >= 0.3 is 0 Å². The molecule has 0 saturated carbocycles. The highest BCUT2D eigenvalue weighted by Gasteiger charge is 1.84. The lowest BCUT2D eigenvalue weighted by molar-refractivity contribution is 0.391. The van der Waals surface area contributed by atoms with Crippen molar-refractivity contribution < 1.29 is 5.21 Å². The van der Waals surface area contributed by atoms with Crippen LogP contribution in [0.1, 0.15) is 0 Å². The molecule has 0 aliphatic rings. The maximum Gasteiger partial charge on any atom is 0.133 e. The molecular weight excluding hydrogens is 112 g/mol. The number of nitrogens with zero attached hydrogens (tertiary/aromatic N) is 1. The summed E-state index contributed by atoms with van der Waals surface area (Å²) in [7, 11) is 0. The monoisotopic (exact) mass is 116 g/mol. The topological polar surface area (TPSA) is 45.1 Å². The standard InChI is InChI=1S/C3H4N2OS/c6-5-3-1-2-4-7-3/h1-2,5-6H. The predicted molar refractivity (Wildman–Crippen MR) is 27.5 cm³/mol. The average molecular weight is 116 g/mol. The maximum absolute atomic E-state index is 8.15. The Bertz CT molecular complexity index is 127. The highest BCUT2D eigenvalue weighted by atomic mass is 32.1. The third kappa shape index (κ3) is 0.880. The van der Waals surface area contributed by atoms with Gasteiger partial charge in [-0.05, 0) is 17.6 Å². The van der Waals surface area contributed by atoms with Gasteiger partial charge in [0.05, 0.1) is 0 Å². The first-order chi connectivity index (χ1) is 3.43. The number of hydrogen-bond acceptors (Lipinski definition) is 4. The van der Waals surface area contributed by atoms with Gasteiger partial charge in [0.25, 0.3) is 0 Å². The van der Waals surface area contributed by atoms with E-state index in [9.17, 15) is 0 Å². The highest BCUT2D eigenvalue weighted by Crippen LogP contribution is 2.08. The van der Waals surface area contributed by atoms with E-state index in [1.165, 1.54) is 11.5 Å². The Hall–Kier alpha value is -0.610. The molecule has 0 fully saturated rings. The summed E-state index contributed by atoms with van der Waals surface area (Å²) in [5.41, 5.74) is 1.96. The van der Waals surface area contributed by atoms with Crippen LogP contribution in [0.5, 0.6) is 0 Å². The summed E-state index contributed by atoms with van der Waals surface area (Å²) in [6.45, 7) is 0. The zero-order valence-corrected chi connectivity index (χ0v) is 4.27. The minimum atomic E-state index is 0.667. The Balaban J connectivity index is 2.76. The molecule has 1 aromatic rings. The summed E-state index contributed by atoms with van der Waals surface area (Å²) in [5.74, 6) is 0. The van der Waals surface area contributed by atoms with Crippen molar-refractivity contribution in [1.82, 2.24) is 4.37 Å². The van der Waals surface area contributed by atoms with Crippen LogP contribution in [0.2, 0.25) is 0 Å². The van der Waals surface area contributed by atoms with Crippen LogP contribution in [-0.2, 0) is 0 Å². The van der Waals surface area contributed by atoms with Crippen LogP contribution in [0, 0.1) is 0 Å². The molecule has 0 aliphatic heterocycles. The van der Waals surface area contributed by atoms with Gasteiger partial charge in [0, 0.05) is 6.20 Å². The molecule has 0 saturated heterocycles. The third-order valence-corrected chi connectivity index (χ3v) is 1.20. The largest absolute Gasteiger partial charge is 0.290 e. The summed E-state index contributed by atoms with van der Waals surface area (Å²) in [5, 5.41) is 8.81. The SMILES string of the molecule is ONc1ccns1. The van der Waals surface area contributed by atoms with Crippen molar-refractivity contribution in [3.05, 3.63) is 12.3 Å². The van der Waals surface area contributed by atoms with Crippen molar-refractivity contribution >= 4 is 16.5 Å². The number of nitrogens with one attached hydrogen (secondary N) is 1. The molecule has 1 rings (SSSR count). The zero-order chi connectivity index (χ0) is 5.11. The lowest BCUT2D eigenvalue weighted by Gasteiger charge is -1.82. The fourth-order valence-electron chi connectivity index (χ4n) is 0.273. The molecule has 4 heteroatoms. The molecule has 0 amide bonds. The first kappa shape index (κ1) is 4.55. The molecule has 0 atom stereocenters. The van der Waals surface area contributed by atoms with Gasteiger partial charge in [0.1, 0.15) is 5.00 Å². The first-order valence-corrected chi connectivity index (χ1v) is 2.51. The average Bonchev–Trinajstić information content (AvgIpc) is 2.14. The molecular formula is C3H4N2OS. The quantitative estimate of drug-likeness (QED) is 0.537. The van der Waals surface area contributed by atoms with Crippen molar-refractivity contribution in [2.75, 3.05) is 5.48 Å². The normalized spacial score (nSPS) is 8.71. The van der Waals surface area contributed by atoms with Crippen LogP contribution >= 0.6 is 11.5 Å². The van der Waals surface area contributed by atoms with Gasteiger partial charge in [-0.15, -0.1) is 0 Å². The van der Waals surface area contributed by atoms with E-state index in [0.717, 1.165) is 0 Å². The van der Waals surface area contributed by atoms with Crippen molar-refractivity contribution in [3.8, 4) is 0 Å². The molecule has 0 aliphatic carbocycles. The Kier molecular flexibility index (Phi) is 1.24. The second-order valence-corrected chi connectivity index (χ2v) is 1.82. The number of hydrogen-bond donors (Lipinski definition) is 2. The van der Waals surface area contributed by atoms with Crippen LogP contribution in [-0.4, -0.2) is 9.58 Å². The van der Waals surface area contributed by atoms with Gasteiger partial charge in [-0.1, -0.05) is 0 Å². The summed E-state index contributed by atoms with van der Waals surface area (Å²) in [6.07, 6.45) is 1.61. The molecule has 1 heterocycles. The van der Waals surface area contributed by atoms with Crippen LogP contribution < -0.4 is 5.48 Å². The fraction of sp³-hybridized carbons (Fsp3) is 0. The molecule has 2 N–H and O–H groups in total. The molecule has 0 unspecified atom stereocenters.